The van der Waals surface area contributed by atoms with Gasteiger partial charge in [0.25, 0.3) is 0 Å². The van der Waals surface area contributed by atoms with E-state index >= 15 is 0 Å². The highest BCUT2D eigenvalue weighted by molar-refractivity contribution is 9.10. The van der Waals surface area contributed by atoms with Crippen molar-refractivity contribution in [3.63, 3.8) is 0 Å². The molecule has 0 aromatic heterocycles. The molecule has 5 heteroatoms. The summed E-state index contributed by atoms with van der Waals surface area (Å²) in [6.07, 6.45) is 0. The molecule has 0 amide bonds. The van der Waals surface area contributed by atoms with E-state index in [1.807, 2.05) is 25.1 Å². The first-order chi connectivity index (χ1) is 8.47. The van der Waals surface area contributed by atoms with Crippen LogP contribution in [0.3, 0.4) is 0 Å². The Hall–Kier alpha value is -1.26. The van der Waals surface area contributed by atoms with Crippen molar-refractivity contribution in [2.75, 3.05) is 11.1 Å². The molecule has 0 bridgehead atoms. The van der Waals surface area contributed by atoms with Gasteiger partial charge in [-0.05, 0) is 52.7 Å². The van der Waals surface area contributed by atoms with Crippen LogP contribution in [0.4, 0.5) is 21.5 Å². The van der Waals surface area contributed by atoms with Crippen LogP contribution in [0.1, 0.15) is 5.56 Å². The van der Waals surface area contributed by atoms with Crippen molar-refractivity contribution in [2.45, 2.75) is 6.92 Å². The molecular weight excluding hydrogens is 319 g/mol. The maximum atomic E-state index is 13.1. The van der Waals surface area contributed by atoms with E-state index < -0.39 is 5.82 Å². The zero-order valence-electron chi connectivity index (χ0n) is 9.60. The first-order valence-corrected chi connectivity index (χ1v) is 6.42. The van der Waals surface area contributed by atoms with Crippen LogP contribution in [0.25, 0.3) is 0 Å². The van der Waals surface area contributed by atoms with Crippen molar-refractivity contribution < 1.29 is 4.39 Å². The molecule has 94 valence electrons. The molecule has 2 aromatic rings. The Morgan fingerprint density at radius 3 is 2.67 bits per heavy atom. The van der Waals surface area contributed by atoms with Gasteiger partial charge in [0.1, 0.15) is 5.82 Å². The predicted octanol–water partition coefficient (Wildman–Crippen LogP) is 4.88. The number of hydrogen-bond donors (Lipinski definition) is 2. The Balaban J connectivity index is 2.43. The van der Waals surface area contributed by atoms with E-state index in [0.29, 0.717) is 20.9 Å². The number of hydrogen-bond acceptors (Lipinski definition) is 2. The fraction of sp³-hybridized carbons (Fsp3) is 0.0769. The second-order valence-corrected chi connectivity index (χ2v) is 5.22. The standard InChI is InChI=1S/C13H11BrClFN2/c1-7-2-3-11(17)12(4-7)18-13-9(14)5-8(16)6-10(13)15/h2-6,18H,17H2,1H3. The van der Waals surface area contributed by atoms with Crippen molar-refractivity contribution in [3.8, 4) is 0 Å². The fourth-order valence-corrected chi connectivity index (χ4v) is 2.47. The molecule has 0 saturated heterocycles. The van der Waals surface area contributed by atoms with E-state index in [-0.39, 0.29) is 0 Å². The van der Waals surface area contributed by atoms with Crippen LogP contribution in [0.15, 0.2) is 34.8 Å². The Morgan fingerprint density at radius 2 is 2.00 bits per heavy atom. The first-order valence-electron chi connectivity index (χ1n) is 5.25. The number of anilines is 3. The summed E-state index contributed by atoms with van der Waals surface area (Å²) in [6, 6.07) is 8.23. The predicted molar refractivity (Wildman–Crippen MR) is 78.0 cm³/mol. The molecule has 0 aliphatic carbocycles. The van der Waals surface area contributed by atoms with Crippen molar-refractivity contribution in [1.82, 2.24) is 0 Å². The lowest BCUT2D eigenvalue weighted by molar-refractivity contribution is 0.627. The average Bonchev–Trinajstić information content (AvgIpc) is 2.28. The molecule has 0 spiro atoms. The lowest BCUT2D eigenvalue weighted by Crippen LogP contribution is -1.98. The zero-order valence-corrected chi connectivity index (χ0v) is 11.9. The van der Waals surface area contributed by atoms with Crippen LogP contribution in [0.5, 0.6) is 0 Å². The Morgan fingerprint density at radius 1 is 1.28 bits per heavy atom. The monoisotopic (exact) mass is 328 g/mol. The van der Waals surface area contributed by atoms with Crippen molar-refractivity contribution in [3.05, 3.63) is 51.2 Å². The van der Waals surface area contributed by atoms with Gasteiger partial charge in [-0.25, -0.2) is 4.39 Å². The summed E-state index contributed by atoms with van der Waals surface area (Å²) in [4.78, 5) is 0. The highest BCUT2D eigenvalue weighted by Gasteiger charge is 2.09. The molecule has 0 aliphatic rings. The fourth-order valence-electron chi connectivity index (χ4n) is 1.57. The lowest BCUT2D eigenvalue weighted by atomic mass is 10.2. The van der Waals surface area contributed by atoms with Gasteiger partial charge in [0.2, 0.25) is 0 Å². The van der Waals surface area contributed by atoms with Crippen LogP contribution in [-0.2, 0) is 0 Å². The van der Waals surface area contributed by atoms with Crippen LogP contribution >= 0.6 is 27.5 Å². The molecule has 0 saturated carbocycles. The average molecular weight is 330 g/mol. The maximum Gasteiger partial charge on any atom is 0.125 e. The second kappa shape index (κ2) is 5.16. The zero-order chi connectivity index (χ0) is 13.3. The number of halogens is 3. The summed E-state index contributed by atoms with van der Waals surface area (Å²) in [5.74, 6) is -0.394. The lowest BCUT2D eigenvalue weighted by Gasteiger charge is -2.13. The molecule has 0 fully saturated rings. The van der Waals surface area contributed by atoms with Gasteiger partial charge >= 0.3 is 0 Å². The van der Waals surface area contributed by atoms with Crippen molar-refractivity contribution in [1.29, 1.82) is 0 Å². The molecule has 18 heavy (non-hydrogen) atoms. The molecule has 0 aliphatic heterocycles. The molecule has 0 atom stereocenters. The molecule has 0 unspecified atom stereocenters. The largest absolute Gasteiger partial charge is 0.397 e. The summed E-state index contributed by atoms with van der Waals surface area (Å²) < 4.78 is 13.7. The minimum Gasteiger partial charge on any atom is -0.397 e. The summed E-state index contributed by atoms with van der Waals surface area (Å²) in [6.45, 7) is 1.96. The molecular formula is C13H11BrClFN2. The van der Waals surface area contributed by atoms with Gasteiger partial charge in [0, 0.05) is 4.47 Å². The van der Waals surface area contributed by atoms with E-state index in [0.717, 1.165) is 11.3 Å². The highest BCUT2D eigenvalue weighted by Crippen LogP contribution is 2.35. The number of rotatable bonds is 2. The first kappa shape index (κ1) is 13.2. The van der Waals surface area contributed by atoms with Crippen LogP contribution < -0.4 is 11.1 Å². The number of nitrogens with two attached hydrogens (primary N) is 1. The molecule has 2 rings (SSSR count). The van der Waals surface area contributed by atoms with Crippen molar-refractivity contribution >= 4 is 44.6 Å². The topological polar surface area (TPSA) is 38.0 Å². The summed E-state index contributed by atoms with van der Waals surface area (Å²) in [5.41, 5.74) is 8.88. The number of aryl methyl sites for hydroxylation is 1. The molecule has 2 aromatic carbocycles. The summed E-state index contributed by atoms with van der Waals surface area (Å²) in [5, 5.41) is 3.40. The number of nitrogen functional groups attached to an aromatic ring is 1. The van der Waals surface area contributed by atoms with Crippen molar-refractivity contribution in [2.24, 2.45) is 0 Å². The third-order valence-electron chi connectivity index (χ3n) is 2.48. The summed E-state index contributed by atoms with van der Waals surface area (Å²) >= 11 is 9.27. The van der Waals surface area contributed by atoms with Gasteiger partial charge in [-0.3, -0.25) is 0 Å². The SMILES string of the molecule is Cc1ccc(N)c(Nc2c(Cl)cc(F)cc2Br)c1. The minimum atomic E-state index is -0.394. The van der Waals surface area contributed by atoms with E-state index in [1.54, 1.807) is 0 Å². The van der Waals surface area contributed by atoms with E-state index in [2.05, 4.69) is 21.2 Å². The third-order valence-corrected chi connectivity index (χ3v) is 3.40. The van der Waals surface area contributed by atoms with Gasteiger partial charge in [-0.2, -0.15) is 0 Å². The Bertz CT molecular complexity index is 579. The molecule has 2 nitrogen and oxygen atoms in total. The highest BCUT2D eigenvalue weighted by atomic mass is 79.9. The number of benzene rings is 2. The minimum absolute atomic E-state index is 0.294. The number of nitrogens with one attached hydrogen (secondary N) is 1. The normalized spacial score (nSPS) is 10.4. The van der Waals surface area contributed by atoms with Gasteiger partial charge in [-0.1, -0.05) is 17.7 Å². The molecule has 0 heterocycles. The summed E-state index contributed by atoms with van der Waals surface area (Å²) in [7, 11) is 0. The van der Waals surface area contributed by atoms with Gasteiger partial charge < -0.3 is 11.1 Å². The van der Waals surface area contributed by atoms with Crippen LogP contribution in [-0.4, -0.2) is 0 Å². The second-order valence-electron chi connectivity index (χ2n) is 3.96. The Kier molecular flexibility index (Phi) is 3.78. The van der Waals surface area contributed by atoms with Gasteiger partial charge in [0.15, 0.2) is 0 Å². The van der Waals surface area contributed by atoms with Gasteiger partial charge in [-0.15, -0.1) is 0 Å². The third kappa shape index (κ3) is 2.76. The smallest absolute Gasteiger partial charge is 0.125 e. The molecule has 3 N–H and O–H groups in total. The van der Waals surface area contributed by atoms with Crippen LogP contribution in [0, 0.1) is 12.7 Å². The Labute approximate surface area is 118 Å². The quantitative estimate of drug-likeness (QED) is 0.771. The van der Waals surface area contributed by atoms with Crippen LogP contribution in [0.2, 0.25) is 5.02 Å². The van der Waals surface area contributed by atoms with Gasteiger partial charge in [0.05, 0.1) is 22.1 Å². The van der Waals surface area contributed by atoms with E-state index in [4.69, 9.17) is 17.3 Å². The maximum absolute atomic E-state index is 13.1. The van der Waals surface area contributed by atoms with E-state index in [1.165, 1.54) is 12.1 Å². The molecule has 0 radical (unpaired) electrons. The van der Waals surface area contributed by atoms with E-state index in [9.17, 15) is 4.39 Å².